The van der Waals surface area contributed by atoms with Crippen LogP contribution in [0, 0.1) is 0 Å². The fourth-order valence-corrected chi connectivity index (χ4v) is 3.51. The fourth-order valence-electron chi connectivity index (χ4n) is 2.53. The molecule has 2 aromatic rings. The summed E-state index contributed by atoms with van der Waals surface area (Å²) in [6, 6.07) is 16.6. The standard InChI is InChI=1S/C18H18N2O2S/c21-18(19-22)9-7-14-6-8-16-11-20(12-17(16)10-14)23-13-15-4-2-1-3-5-15/h1-10,22H,11-13H2,(H,19,21)/b9-7+. The van der Waals surface area contributed by atoms with Crippen LogP contribution in [0.3, 0.4) is 0 Å². The molecule has 0 radical (unpaired) electrons. The van der Waals surface area contributed by atoms with Crippen molar-refractivity contribution >= 4 is 23.9 Å². The molecule has 0 spiro atoms. The van der Waals surface area contributed by atoms with Crippen LogP contribution in [0.4, 0.5) is 0 Å². The first-order chi connectivity index (χ1) is 11.2. The van der Waals surface area contributed by atoms with Crippen molar-refractivity contribution in [3.05, 3.63) is 76.9 Å². The Morgan fingerprint density at radius 2 is 1.96 bits per heavy atom. The average molecular weight is 326 g/mol. The molecule has 0 aliphatic carbocycles. The summed E-state index contributed by atoms with van der Waals surface area (Å²) in [6.45, 7) is 1.84. The van der Waals surface area contributed by atoms with E-state index in [1.165, 1.54) is 22.8 Å². The predicted octanol–water partition coefficient (Wildman–Crippen LogP) is 3.37. The minimum Gasteiger partial charge on any atom is -0.288 e. The Bertz CT molecular complexity index is 716. The van der Waals surface area contributed by atoms with E-state index >= 15 is 0 Å². The van der Waals surface area contributed by atoms with E-state index in [2.05, 4.69) is 40.7 Å². The number of nitrogens with zero attached hydrogens (tertiary/aromatic N) is 1. The molecule has 5 heteroatoms. The Kier molecular flexibility index (Phi) is 5.12. The normalized spacial score (nSPS) is 14.1. The van der Waals surface area contributed by atoms with E-state index < -0.39 is 5.91 Å². The molecule has 1 amide bonds. The number of hydrogen-bond donors (Lipinski definition) is 2. The Morgan fingerprint density at radius 3 is 2.74 bits per heavy atom. The lowest BCUT2D eigenvalue weighted by molar-refractivity contribution is -0.124. The van der Waals surface area contributed by atoms with Crippen LogP contribution in [-0.4, -0.2) is 15.4 Å². The first-order valence-corrected chi connectivity index (χ1v) is 8.34. The van der Waals surface area contributed by atoms with E-state index in [4.69, 9.17) is 5.21 Å². The lowest BCUT2D eigenvalue weighted by atomic mass is 10.1. The van der Waals surface area contributed by atoms with Crippen LogP contribution in [0.2, 0.25) is 0 Å². The number of benzene rings is 2. The molecule has 0 unspecified atom stereocenters. The van der Waals surface area contributed by atoms with Gasteiger partial charge in [-0.25, -0.2) is 9.79 Å². The molecule has 2 N–H and O–H groups in total. The van der Waals surface area contributed by atoms with Crippen molar-refractivity contribution in [1.29, 1.82) is 0 Å². The molecular weight excluding hydrogens is 308 g/mol. The zero-order valence-corrected chi connectivity index (χ0v) is 13.4. The Balaban J connectivity index is 1.60. The van der Waals surface area contributed by atoms with E-state index in [9.17, 15) is 4.79 Å². The van der Waals surface area contributed by atoms with Gasteiger partial charge in [-0.2, -0.15) is 0 Å². The minimum atomic E-state index is -0.523. The largest absolute Gasteiger partial charge is 0.288 e. The Labute approximate surface area is 139 Å². The first-order valence-electron chi connectivity index (χ1n) is 7.40. The molecule has 23 heavy (non-hydrogen) atoms. The number of fused-ring (bicyclic) bond motifs is 1. The van der Waals surface area contributed by atoms with Crippen LogP contribution in [0.1, 0.15) is 22.3 Å². The molecule has 4 nitrogen and oxygen atoms in total. The predicted molar refractivity (Wildman–Crippen MR) is 92.4 cm³/mol. The fraction of sp³-hybridized carbons (Fsp3) is 0.167. The van der Waals surface area contributed by atoms with Crippen LogP contribution < -0.4 is 5.48 Å². The van der Waals surface area contributed by atoms with Crippen molar-refractivity contribution in [2.24, 2.45) is 0 Å². The number of hydroxylamine groups is 1. The van der Waals surface area contributed by atoms with Crippen LogP contribution in [0.15, 0.2) is 54.6 Å². The molecule has 2 aromatic carbocycles. The number of hydrogen-bond acceptors (Lipinski definition) is 4. The van der Waals surface area contributed by atoms with Crippen molar-refractivity contribution in [1.82, 2.24) is 9.79 Å². The third-order valence-electron chi connectivity index (χ3n) is 3.72. The number of nitrogens with one attached hydrogen (secondary N) is 1. The maximum atomic E-state index is 11.0. The average Bonchev–Trinajstić information content (AvgIpc) is 3.01. The van der Waals surface area contributed by atoms with Crippen molar-refractivity contribution in [3.8, 4) is 0 Å². The highest BCUT2D eigenvalue weighted by Gasteiger charge is 2.19. The highest BCUT2D eigenvalue weighted by atomic mass is 32.2. The molecule has 0 bridgehead atoms. The van der Waals surface area contributed by atoms with Gasteiger partial charge in [0.25, 0.3) is 5.91 Å². The summed E-state index contributed by atoms with van der Waals surface area (Å²) >= 11 is 1.84. The number of carbonyl (C=O) groups excluding carboxylic acids is 1. The highest BCUT2D eigenvalue weighted by molar-refractivity contribution is 7.96. The van der Waals surface area contributed by atoms with Gasteiger partial charge in [0.15, 0.2) is 0 Å². The molecule has 0 atom stereocenters. The monoisotopic (exact) mass is 326 g/mol. The molecule has 0 fully saturated rings. The maximum absolute atomic E-state index is 11.0. The van der Waals surface area contributed by atoms with Crippen LogP contribution in [-0.2, 0) is 23.6 Å². The topological polar surface area (TPSA) is 52.6 Å². The molecule has 1 heterocycles. The number of amides is 1. The molecule has 118 valence electrons. The molecule has 0 aromatic heterocycles. The number of rotatable bonds is 5. The van der Waals surface area contributed by atoms with E-state index in [1.807, 2.05) is 24.1 Å². The molecular formula is C18H18N2O2S. The van der Waals surface area contributed by atoms with E-state index in [1.54, 1.807) is 11.6 Å². The van der Waals surface area contributed by atoms with Crippen LogP contribution >= 0.6 is 11.9 Å². The lowest BCUT2D eigenvalue weighted by Crippen LogP contribution is -2.14. The molecule has 3 rings (SSSR count). The lowest BCUT2D eigenvalue weighted by Gasteiger charge is -2.13. The van der Waals surface area contributed by atoms with Gasteiger partial charge in [-0.05, 0) is 28.3 Å². The van der Waals surface area contributed by atoms with Gasteiger partial charge in [0.2, 0.25) is 0 Å². The van der Waals surface area contributed by atoms with Gasteiger partial charge in [-0.15, -0.1) is 0 Å². The third-order valence-corrected chi connectivity index (χ3v) is 4.80. The second-order valence-corrected chi connectivity index (χ2v) is 6.46. The third kappa shape index (κ3) is 4.22. The van der Waals surface area contributed by atoms with Crippen molar-refractivity contribution in [2.45, 2.75) is 18.8 Å². The highest BCUT2D eigenvalue weighted by Crippen LogP contribution is 2.30. The van der Waals surface area contributed by atoms with Crippen LogP contribution in [0.5, 0.6) is 0 Å². The van der Waals surface area contributed by atoms with Gasteiger partial charge in [-0.1, -0.05) is 60.5 Å². The van der Waals surface area contributed by atoms with Gasteiger partial charge < -0.3 is 0 Å². The van der Waals surface area contributed by atoms with Gasteiger partial charge in [0.1, 0.15) is 0 Å². The van der Waals surface area contributed by atoms with E-state index in [-0.39, 0.29) is 0 Å². The van der Waals surface area contributed by atoms with Crippen LogP contribution in [0.25, 0.3) is 6.08 Å². The number of carbonyl (C=O) groups is 1. The Hall–Kier alpha value is -2.08. The molecule has 1 aliphatic heterocycles. The van der Waals surface area contributed by atoms with Crippen molar-refractivity contribution in [3.63, 3.8) is 0 Å². The van der Waals surface area contributed by atoms with E-state index in [0.29, 0.717) is 0 Å². The SMILES string of the molecule is O=C(/C=C/c1ccc2c(c1)CN(SCc1ccccc1)C2)NO. The van der Waals surface area contributed by atoms with Crippen molar-refractivity contribution in [2.75, 3.05) is 0 Å². The summed E-state index contributed by atoms with van der Waals surface area (Å²) in [6.07, 6.45) is 3.02. The van der Waals surface area contributed by atoms with Gasteiger partial charge >= 0.3 is 0 Å². The second kappa shape index (κ2) is 7.46. The first kappa shape index (κ1) is 15.8. The summed E-state index contributed by atoms with van der Waals surface area (Å²) in [5.74, 6) is 0.448. The zero-order chi connectivity index (χ0) is 16.1. The zero-order valence-electron chi connectivity index (χ0n) is 12.6. The summed E-state index contributed by atoms with van der Waals surface area (Å²) < 4.78 is 2.35. The van der Waals surface area contributed by atoms with Gasteiger partial charge in [0.05, 0.1) is 0 Å². The minimum absolute atomic E-state index is 0.523. The van der Waals surface area contributed by atoms with Gasteiger partial charge in [-0.3, -0.25) is 10.0 Å². The summed E-state index contributed by atoms with van der Waals surface area (Å²) in [5.41, 5.74) is 6.49. The summed E-state index contributed by atoms with van der Waals surface area (Å²) in [5, 5.41) is 8.50. The summed E-state index contributed by atoms with van der Waals surface area (Å²) in [4.78, 5) is 11.0. The maximum Gasteiger partial charge on any atom is 0.267 e. The Morgan fingerprint density at radius 1 is 1.17 bits per heavy atom. The summed E-state index contributed by atoms with van der Waals surface area (Å²) in [7, 11) is 0. The van der Waals surface area contributed by atoms with E-state index in [0.717, 1.165) is 24.4 Å². The molecule has 0 saturated carbocycles. The second-order valence-electron chi connectivity index (χ2n) is 5.39. The molecule has 0 saturated heterocycles. The quantitative estimate of drug-likeness (QED) is 0.383. The molecule has 1 aliphatic rings. The van der Waals surface area contributed by atoms with Crippen molar-refractivity contribution < 1.29 is 10.0 Å². The van der Waals surface area contributed by atoms with Gasteiger partial charge in [0, 0.05) is 24.9 Å². The smallest absolute Gasteiger partial charge is 0.267 e.